The van der Waals surface area contributed by atoms with Crippen LogP contribution in [0.25, 0.3) is 0 Å². The lowest BCUT2D eigenvalue weighted by Gasteiger charge is -2.22. The highest BCUT2D eigenvalue weighted by molar-refractivity contribution is 7.99. The Balaban J connectivity index is 1.52. The number of benzene rings is 2. The van der Waals surface area contributed by atoms with Gasteiger partial charge in [0.1, 0.15) is 0 Å². The number of nitrogens with one attached hydrogen (secondary N) is 3. The molecule has 0 bridgehead atoms. The second-order valence-electron chi connectivity index (χ2n) is 5.88. The van der Waals surface area contributed by atoms with Gasteiger partial charge in [-0.25, -0.2) is 0 Å². The van der Waals surface area contributed by atoms with E-state index in [-0.39, 0.29) is 17.9 Å². The number of rotatable bonds is 5. The van der Waals surface area contributed by atoms with Gasteiger partial charge in [0.2, 0.25) is 5.91 Å². The van der Waals surface area contributed by atoms with Crippen molar-refractivity contribution in [3.63, 3.8) is 0 Å². The zero-order valence-corrected chi connectivity index (χ0v) is 14.6. The maximum absolute atomic E-state index is 12.2. The third kappa shape index (κ3) is 5.34. The van der Waals surface area contributed by atoms with Gasteiger partial charge in [0.25, 0.3) is 5.91 Å². The topological polar surface area (TPSA) is 70.2 Å². The van der Waals surface area contributed by atoms with Crippen molar-refractivity contribution < 1.29 is 9.59 Å². The molecule has 0 spiro atoms. The first kappa shape index (κ1) is 17.5. The Labute approximate surface area is 151 Å². The zero-order chi connectivity index (χ0) is 17.5. The maximum Gasteiger partial charge on any atom is 0.255 e. The molecule has 0 radical (unpaired) electrons. The lowest BCUT2D eigenvalue weighted by atomic mass is 10.1. The van der Waals surface area contributed by atoms with E-state index in [1.165, 1.54) is 0 Å². The van der Waals surface area contributed by atoms with Crippen molar-refractivity contribution in [3.05, 3.63) is 60.2 Å². The fraction of sp³-hybridized carbons (Fsp3) is 0.263. The Morgan fingerprint density at radius 1 is 1.00 bits per heavy atom. The molecule has 3 rings (SSSR count). The van der Waals surface area contributed by atoms with Crippen LogP contribution >= 0.6 is 11.8 Å². The molecule has 1 fully saturated rings. The van der Waals surface area contributed by atoms with Crippen LogP contribution in [-0.4, -0.2) is 35.9 Å². The lowest BCUT2D eigenvalue weighted by molar-refractivity contribution is -0.116. The highest BCUT2D eigenvalue weighted by atomic mass is 32.2. The molecule has 1 aliphatic rings. The fourth-order valence-electron chi connectivity index (χ4n) is 2.62. The van der Waals surface area contributed by atoms with Gasteiger partial charge in [-0.05, 0) is 36.4 Å². The van der Waals surface area contributed by atoms with Crippen LogP contribution in [0, 0.1) is 0 Å². The number of para-hydroxylation sites is 1. The van der Waals surface area contributed by atoms with Gasteiger partial charge in [-0.15, -0.1) is 0 Å². The predicted octanol–water partition coefficient (Wildman–Crippen LogP) is 2.97. The number of carbonyl (C=O) groups excluding carboxylic acids is 2. The number of anilines is 2. The average molecular weight is 355 g/mol. The Morgan fingerprint density at radius 3 is 2.40 bits per heavy atom. The second kappa shape index (κ2) is 8.69. The molecule has 2 aromatic carbocycles. The van der Waals surface area contributed by atoms with E-state index in [2.05, 4.69) is 16.0 Å². The largest absolute Gasteiger partial charge is 0.326 e. The number of thioether (sulfide) groups is 1. The van der Waals surface area contributed by atoms with Crippen molar-refractivity contribution in [2.24, 2.45) is 0 Å². The molecule has 0 saturated carbocycles. The van der Waals surface area contributed by atoms with E-state index in [1.807, 2.05) is 42.1 Å². The first-order valence-corrected chi connectivity index (χ1v) is 9.43. The van der Waals surface area contributed by atoms with Gasteiger partial charge in [-0.1, -0.05) is 18.2 Å². The minimum absolute atomic E-state index is 0.0125. The molecule has 25 heavy (non-hydrogen) atoms. The lowest BCUT2D eigenvalue weighted by Crippen LogP contribution is -2.39. The van der Waals surface area contributed by atoms with Crippen LogP contribution in [0.3, 0.4) is 0 Å². The van der Waals surface area contributed by atoms with Crippen molar-refractivity contribution in [1.82, 2.24) is 5.32 Å². The summed E-state index contributed by atoms with van der Waals surface area (Å²) in [6, 6.07) is 16.5. The number of amides is 2. The van der Waals surface area contributed by atoms with Gasteiger partial charge in [0, 0.05) is 47.5 Å². The van der Waals surface area contributed by atoms with Gasteiger partial charge >= 0.3 is 0 Å². The number of hydrogen-bond donors (Lipinski definition) is 3. The van der Waals surface area contributed by atoms with E-state index in [9.17, 15) is 9.59 Å². The molecule has 0 aromatic heterocycles. The SMILES string of the molecule is O=C(CC1CSCCN1)Nc1ccc(C(=O)Nc2ccccc2)cc1. The molecule has 0 aliphatic carbocycles. The van der Waals surface area contributed by atoms with E-state index in [0.29, 0.717) is 17.7 Å². The van der Waals surface area contributed by atoms with Gasteiger partial charge in [-0.2, -0.15) is 11.8 Å². The van der Waals surface area contributed by atoms with Crippen LogP contribution in [0.2, 0.25) is 0 Å². The van der Waals surface area contributed by atoms with Crippen molar-refractivity contribution in [3.8, 4) is 0 Å². The van der Waals surface area contributed by atoms with E-state index < -0.39 is 0 Å². The third-order valence-corrected chi connectivity index (χ3v) is 5.02. The van der Waals surface area contributed by atoms with Crippen molar-refractivity contribution >= 4 is 35.0 Å². The summed E-state index contributed by atoms with van der Waals surface area (Å²) in [4.78, 5) is 24.3. The van der Waals surface area contributed by atoms with Gasteiger partial charge in [0.05, 0.1) is 0 Å². The molecule has 6 heteroatoms. The summed E-state index contributed by atoms with van der Waals surface area (Å²) in [7, 11) is 0. The normalized spacial score (nSPS) is 16.9. The van der Waals surface area contributed by atoms with E-state index in [4.69, 9.17) is 0 Å². The van der Waals surface area contributed by atoms with E-state index >= 15 is 0 Å². The van der Waals surface area contributed by atoms with Crippen LogP contribution in [-0.2, 0) is 4.79 Å². The molecule has 1 unspecified atom stereocenters. The highest BCUT2D eigenvalue weighted by Gasteiger charge is 2.16. The van der Waals surface area contributed by atoms with Crippen LogP contribution in [0.1, 0.15) is 16.8 Å². The predicted molar refractivity (Wildman–Crippen MR) is 103 cm³/mol. The standard InChI is InChI=1S/C19H21N3O2S/c23-18(12-17-13-25-11-10-20-17)21-16-8-6-14(7-9-16)19(24)22-15-4-2-1-3-5-15/h1-9,17,20H,10-13H2,(H,21,23)(H,22,24). The molecule has 2 aromatic rings. The molecule has 1 heterocycles. The summed E-state index contributed by atoms with van der Waals surface area (Å²) in [5, 5.41) is 9.07. The second-order valence-corrected chi connectivity index (χ2v) is 7.03. The van der Waals surface area contributed by atoms with Crippen molar-refractivity contribution in [2.45, 2.75) is 12.5 Å². The highest BCUT2D eigenvalue weighted by Crippen LogP contribution is 2.14. The summed E-state index contributed by atoms with van der Waals surface area (Å²) < 4.78 is 0. The van der Waals surface area contributed by atoms with E-state index in [0.717, 1.165) is 23.7 Å². The van der Waals surface area contributed by atoms with E-state index in [1.54, 1.807) is 24.3 Å². The summed E-state index contributed by atoms with van der Waals surface area (Å²) in [5.74, 6) is 1.88. The quantitative estimate of drug-likeness (QED) is 0.771. The summed E-state index contributed by atoms with van der Waals surface area (Å²) in [6.07, 6.45) is 0.462. The minimum atomic E-state index is -0.174. The fourth-order valence-corrected chi connectivity index (χ4v) is 3.57. The first-order valence-electron chi connectivity index (χ1n) is 8.28. The monoisotopic (exact) mass is 355 g/mol. The molecule has 130 valence electrons. The molecule has 5 nitrogen and oxygen atoms in total. The third-order valence-electron chi connectivity index (χ3n) is 3.89. The Kier molecular flexibility index (Phi) is 6.09. The van der Waals surface area contributed by atoms with Crippen molar-refractivity contribution in [1.29, 1.82) is 0 Å². The summed E-state index contributed by atoms with van der Waals surface area (Å²) in [5.41, 5.74) is 2.00. The van der Waals surface area contributed by atoms with Gasteiger partial charge < -0.3 is 16.0 Å². The molecule has 1 aliphatic heterocycles. The minimum Gasteiger partial charge on any atom is -0.326 e. The average Bonchev–Trinajstić information content (AvgIpc) is 2.64. The van der Waals surface area contributed by atoms with Gasteiger partial charge in [0.15, 0.2) is 0 Å². The first-order chi connectivity index (χ1) is 12.2. The zero-order valence-electron chi connectivity index (χ0n) is 13.8. The Bertz CT molecular complexity index is 713. The smallest absolute Gasteiger partial charge is 0.255 e. The van der Waals surface area contributed by atoms with Crippen LogP contribution in [0.5, 0.6) is 0 Å². The molecule has 2 amide bonds. The molecule has 3 N–H and O–H groups in total. The Morgan fingerprint density at radius 2 is 1.72 bits per heavy atom. The maximum atomic E-state index is 12.2. The van der Waals surface area contributed by atoms with Crippen molar-refractivity contribution in [2.75, 3.05) is 28.7 Å². The van der Waals surface area contributed by atoms with Crippen LogP contribution in [0.15, 0.2) is 54.6 Å². The summed E-state index contributed by atoms with van der Waals surface area (Å²) in [6.45, 7) is 0.952. The summed E-state index contributed by atoms with van der Waals surface area (Å²) >= 11 is 1.87. The number of carbonyl (C=O) groups is 2. The van der Waals surface area contributed by atoms with Crippen LogP contribution in [0.4, 0.5) is 11.4 Å². The van der Waals surface area contributed by atoms with Crippen LogP contribution < -0.4 is 16.0 Å². The molecular formula is C19H21N3O2S. The molecular weight excluding hydrogens is 334 g/mol. The number of hydrogen-bond acceptors (Lipinski definition) is 4. The van der Waals surface area contributed by atoms with Gasteiger partial charge in [-0.3, -0.25) is 9.59 Å². The molecule has 1 atom stereocenters. The Hall–Kier alpha value is -2.31. The molecule has 1 saturated heterocycles.